The number of fused-ring (bicyclic) bond motifs is 1. The number of nitrogens with zero attached hydrogens (tertiary/aromatic N) is 3. The maximum absolute atomic E-state index is 10.2. The first-order valence-electron chi connectivity index (χ1n) is 7.66. The summed E-state index contributed by atoms with van der Waals surface area (Å²) < 4.78 is 2.24. The lowest BCUT2D eigenvalue weighted by Crippen LogP contribution is -2.42. The minimum absolute atomic E-state index is 0.0931. The van der Waals surface area contributed by atoms with E-state index in [2.05, 4.69) is 27.6 Å². The Morgan fingerprint density at radius 1 is 1.37 bits per heavy atom. The molecule has 1 aromatic rings. The highest BCUT2D eigenvalue weighted by atomic mass is 16.3. The number of aromatic nitrogens is 2. The van der Waals surface area contributed by atoms with E-state index < -0.39 is 0 Å². The predicted octanol–water partition coefficient (Wildman–Crippen LogP) is 1.89. The molecule has 2 aliphatic rings. The Morgan fingerprint density at radius 2 is 2.26 bits per heavy atom. The van der Waals surface area contributed by atoms with Gasteiger partial charge in [0.1, 0.15) is 5.82 Å². The summed E-state index contributed by atoms with van der Waals surface area (Å²) in [4.78, 5) is 6.88. The average Bonchev–Trinajstić information content (AvgIpc) is 2.89. The Labute approximate surface area is 115 Å². The Kier molecular flexibility index (Phi) is 3.89. The van der Waals surface area contributed by atoms with E-state index in [9.17, 15) is 5.11 Å². The van der Waals surface area contributed by atoms with Crippen LogP contribution in [-0.2, 0) is 13.1 Å². The molecule has 0 aromatic carbocycles. The van der Waals surface area contributed by atoms with Crippen LogP contribution in [0.3, 0.4) is 0 Å². The van der Waals surface area contributed by atoms with E-state index in [0.717, 1.165) is 38.5 Å². The van der Waals surface area contributed by atoms with Crippen LogP contribution in [-0.4, -0.2) is 38.8 Å². The normalized spacial score (nSPS) is 32.2. The van der Waals surface area contributed by atoms with Gasteiger partial charge in [0.2, 0.25) is 0 Å². The van der Waals surface area contributed by atoms with Crippen LogP contribution in [0.1, 0.15) is 38.4 Å². The Bertz CT molecular complexity index is 417. The molecule has 1 aliphatic heterocycles. The van der Waals surface area contributed by atoms with E-state index in [0.29, 0.717) is 5.92 Å². The van der Waals surface area contributed by atoms with Crippen molar-refractivity contribution in [3.63, 3.8) is 0 Å². The van der Waals surface area contributed by atoms with E-state index in [1.807, 2.05) is 6.20 Å². The zero-order valence-corrected chi connectivity index (χ0v) is 11.8. The standard InChI is InChI=1S/C15H25N3O/c1-2-12-3-4-14(19)13(9-12)10-17-7-8-18-6-5-16-15(18)11-17/h5-6,12-14,19H,2-4,7-11H2,1H3. The van der Waals surface area contributed by atoms with Gasteiger partial charge in [0, 0.05) is 32.0 Å². The summed E-state index contributed by atoms with van der Waals surface area (Å²) in [6, 6.07) is 0. The van der Waals surface area contributed by atoms with Gasteiger partial charge in [-0.3, -0.25) is 4.90 Å². The number of aliphatic hydroxyl groups excluding tert-OH is 1. The van der Waals surface area contributed by atoms with Crippen molar-refractivity contribution in [3.05, 3.63) is 18.2 Å². The van der Waals surface area contributed by atoms with Crippen molar-refractivity contribution in [2.24, 2.45) is 11.8 Å². The highest BCUT2D eigenvalue weighted by Crippen LogP contribution is 2.32. The van der Waals surface area contributed by atoms with Gasteiger partial charge in [0.05, 0.1) is 12.6 Å². The quantitative estimate of drug-likeness (QED) is 0.905. The van der Waals surface area contributed by atoms with Gasteiger partial charge in [-0.1, -0.05) is 13.3 Å². The monoisotopic (exact) mass is 263 g/mol. The molecule has 4 nitrogen and oxygen atoms in total. The second-order valence-corrected chi connectivity index (χ2v) is 6.19. The van der Waals surface area contributed by atoms with Gasteiger partial charge in [0.15, 0.2) is 0 Å². The van der Waals surface area contributed by atoms with Crippen LogP contribution in [0.15, 0.2) is 12.4 Å². The summed E-state index contributed by atoms with van der Waals surface area (Å²) in [6.45, 7) is 6.37. The first-order chi connectivity index (χ1) is 9.26. The SMILES string of the molecule is CCC1CCC(O)C(CN2CCn3ccnc3C2)C1. The highest BCUT2D eigenvalue weighted by Gasteiger charge is 2.30. The summed E-state index contributed by atoms with van der Waals surface area (Å²) in [5.41, 5.74) is 0. The minimum atomic E-state index is -0.0931. The smallest absolute Gasteiger partial charge is 0.122 e. The molecule has 0 bridgehead atoms. The van der Waals surface area contributed by atoms with Crippen molar-refractivity contribution in [1.82, 2.24) is 14.5 Å². The van der Waals surface area contributed by atoms with Gasteiger partial charge in [-0.25, -0.2) is 4.98 Å². The number of aliphatic hydroxyl groups is 1. The minimum Gasteiger partial charge on any atom is -0.393 e. The number of hydrogen-bond acceptors (Lipinski definition) is 3. The first kappa shape index (κ1) is 13.1. The molecule has 1 aromatic heterocycles. The second kappa shape index (κ2) is 5.63. The van der Waals surface area contributed by atoms with Crippen molar-refractivity contribution in [2.45, 2.75) is 51.8 Å². The average molecular weight is 263 g/mol. The van der Waals surface area contributed by atoms with Crippen LogP contribution in [0.25, 0.3) is 0 Å². The van der Waals surface area contributed by atoms with Crippen LogP contribution in [0.5, 0.6) is 0 Å². The molecule has 0 radical (unpaired) electrons. The molecule has 1 saturated carbocycles. The summed E-state index contributed by atoms with van der Waals surface area (Å²) in [5.74, 6) is 2.45. The third-order valence-electron chi connectivity index (χ3n) is 4.94. The molecule has 1 aliphatic carbocycles. The maximum atomic E-state index is 10.2. The van der Waals surface area contributed by atoms with Crippen molar-refractivity contribution in [2.75, 3.05) is 13.1 Å². The third-order valence-corrected chi connectivity index (χ3v) is 4.94. The Morgan fingerprint density at radius 3 is 3.11 bits per heavy atom. The molecular formula is C15H25N3O. The summed E-state index contributed by atoms with van der Waals surface area (Å²) >= 11 is 0. The van der Waals surface area contributed by atoms with Crippen LogP contribution in [0.4, 0.5) is 0 Å². The van der Waals surface area contributed by atoms with E-state index in [1.165, 1.54) is 25.1 Å². The molecule has 1 N–H and O–H groups in total. The fraction of sp³-hybridized carbons (Fsp3) is 0.800. The molecule has 3 atom stereocenters. The molecule has 0 spiro atoms. The zero-order chi connectivity index (χ0) is 13.2. The van der Waals surface area contributed by atoms with Gasteiger partial charge in [-0.05, 0) is 31.1 Å². The van der Waals surface area contributed by atoms with Crippen molar-refractivity contribution >= 4 is 0 Å². The molecule has 106 valence electrons. The van der Waals surface area contributed by atoms with Crippen LogP contribution < -0.4 is 0 Å². The van der Waals surface area contributed by atoms with Crippen molar-refractivity contribution in [1.29, 1.82) is 0 Å². The largest absolute Gasteiger partial charge is 0.393 e. The number of rotatable bonds is 3. The molecule has 3 rings (SSSR count). The predicted molar refractivity (Wildman–Crippen MR) is 74.6 cm³/mol. The van der Waals surface area contributed by atoms with Crippen LogP contribution in [0.2, 0.25) is 0 Å². The topological polar surface area (TPSA) is 41.3 Å². The third kappa shape index (κ3) is 2.84. The van der Waals surface area contributed by atoms with Gasteiger partial charge in [-0.15, -0.1) is 0 Å². The molecule has 4 heteroatoms. The number of hydrogen-bond donors (Lipinski definition) is 1. The van der Waals surface area contributed by atoms with E-state index in [4.69, 9.17) is 0 Å². The van der Waals surface area contributed by atoms with Crippen molar-refractivity contribution < 1.29 is 5.11 Å². The lowest BCUT2D eigenvalue weighted by molar-refractivity contribution is 0.0215. The molecule has 0 saturated heterocycles. The molecular weight excluding hydrogens is 238 g/mol. The van der Waals surface area contributed by atoms with Gasteiger partial charge in [-0.2, -0.15) is 0 Å². The fourth-order valence-corrected chi connectivity index (χ4v) is 3.62. The van der Waals surface area contributed by atoms with E-state index in [1.54, 1.807) is 0 Å². The molecule has 2 heterocycles. The summed E-state index contributed by atoms with van der Waals surface area (Å²) in [6.07, 6.45) is 8.52. The van der Waals surface area contributed by atoms with Gasteiger partial charge >= 0.3 is 0 Å². The molecule has 3 unspecified atom stereocenters. The van der Waals surface area contributed by atoms with Gasteiger partial charge < -0.3 is 9.67 Å². The molecule has 0 amide bonds. The molecule has 19 heavy (non-hydrogen) atoms. The van der Waals surface area contributed by atoms with E-state index >= 15 is 0 Å². The lowest BCUT2D eigenvalue weighted by atomic mass is 9.78. The van der Waals surface area contributed by atoms with Crippen LogP contribution >= 0.6 is 0 Å². The maximum Gasteiger partial charge on any atom is 0.122 e. The lowest BCUT2D eigenvalue weighted by Gasteiger charge is -2.37. The zero-order valence-electron chi connectivity index (χ0n) is 11.8. The Balaban J connectivity index is 1.59. The van der Waals surface area contributed by atoms with E-state index in [-0.39, 0.29) is 6.10 Å². The number of imidazole rings is 1. The molecule has 1 fully saturated rings. The summed E-state index contributed by atoms with van der Waals surface area (Å²) in [7, 11) is 0. The second-order valence-electron chi connectivity index (χ2n) is 6.19. The van der Waals surface area contributed by atoms with Gasteiger partial charge in [0.25, 0.3) is 0 Å². The Hall–Kier alpha value is -0.870. The van der Waals surface area contributed by atoms with Crippen LogP contribution in [0, 0.1) is 11.8 Å². The fourth-order valence-electron chi connectivity index (χ4n) is 3.62. The van der Waals surface area contributed by atoms with Crippen molar-refractivity contribution in [3.8, 4) is 0 Å². The summed E-state index contributed by atoms with van der Waals surface area (Å²) in [5, 5.41) is 10.2. The first-order valence-corrected chi connectivity index (χ1v) is 7.66. The highest BCUT2D eigenvalue weighted by molar-refractivity contribution is 4.96.